The largest absolute Gasteiger partial charge is 0.477 e. The van der Waals surface area contributed by atoms with Gasteiger partial charge in [0.05, 0.1) is 93.0 Å². The molecule has 37 heteroatoms. The van der Waals surface area contributed by atoms with Gasteiger partial charge in [-0.25, -0.2) is 28.8 Å². The molecule has 6 heterocycles. The number of nitrogens with two attached hydrogens (primary N) is 2. The number of aliphatic hydroxyl groups is 1. The molecule has 0 aromatic carbocycles. The zero-order valence-electron chi connectivity index (χ0n) is 92.1. The minimum Gasteiger partial charge on any atom is -0.477 e. The SMILES string of the molecule is CC(C)(C)OC(=O)Nc1cccn([C@H]2CCCC[C@H]2O[Si](C)(C)C(C)(C)C)c1=O.CC(C)(C)[Si](C)(C)O[C@@H]1CCCC[C@@H]1n1cccc(C(=O)O)c1=O.CC(C)(C)[Si](C)(C)O[C@@H]1CCCC[C@@H]1n1cccc(C(=O)O)c1=O.CC(C)(C)[Si](C)(C)O[C@H]1CCCC[C@@H]1N.COC(=O)c1cccn([C@H]2CCCC[C@H]2O[Si](C)(C)C(C)(C)C)c1=O.COC(=O)c1cccoc1=O.Cl.Nc1cccn([C@H]2CCCC[C@H]2O)c1=O. The lowest BCUT2D eigenvalue weighted by Crippen LogP contribution is -2.50. The Labute approximate surface area is 866 Å². The van der Waals surface area contributed by atoms with Gasteiger partial charge in [-0.05, 0) is 261 Å². The van der Waals surface area contributed by atoms with Gasteiger partial charge >= 0.3 is 35.6 Å². The molecule has 31 nitrogen and oxygen atoms in total. The van der Waals surface area contributed by atoms with E-state index in [2.05, 4.69) is 184 Å². The molecule has 8 N–H and O–H groups in total. The Kier molecular flexibility index (Phi) is 47.1. The number of aromatic carboxylic acids is 2. The number of anilines is 2. The predicted molar refractivity (Wildman–Crippen MR) is 587 cm³/mol. The van der Waals surface area contributed by atoms with Crippen LogP contribution in [-0.2, 0) is 36.3 Å². The fraction of sp³-hybridized carbons (Fsp3) is 0.673. The van der Waals surface area contributed by atoms with Gasteiger partial charge in [-0.2, -0.15) is 0 Å². The first-order valence-corrected chi connectivity index (χ1v) is 66.0. The van der Waals surface area contributed by atoms with Gasteiger partial charge in [-0.15, -0.1) is 12.4 Å². The molecule has 6 saturated carbocycles. The number of nitrogen functional groups attached to an aromatic ring is 1. The predicted octanol–water partition coefficient (Wildman–Crippen LogP) is 23.0. The molecule has 12 rings (SSSR count). The maximum absolute atomic E-state index is 13.1. The molecule has 6 fully saturated rings. The second kappa shape index (κ2) is 53.8. The highest BCUT2D eigenvalue weighted by Gasteiger charge is 2.48. The summed E-state index contributed by atoms with van der Waals surface area (Å²) in [7, 11) is -6.91. The summed E-state index contributed by atoms with van der Waals surface area (Å²) in [5.41, 5.74) is 8.96. The Balaban J connectivity index is 0.000000301. The fourth-order valence-electron chi connectivity index (χ4n) is 17.2. The number of hydrogen-bond donors (Lipinski definition) is 6. The third-order valence-corrected chi connectivity index (χ3v) is 53.2. The standard InChI is InChI=1S/C22H38N2O4Si.C19H31NO4Si.2C18H29NO4Si.C12H27NOSi.C11H16N2O2.C7H6O4.ClH/c1-21(2,3)27-20(26)23-16-12-11-15-24(19(16)25)17-13-9-10-14-18(17)28-29(7,8)22(4,5)6;1-19(2,3)25(5,6)24-16-12-8-7-11-15(16)20-13-9-10-14(17(20)21)18(22)23-4;2*1-18(2,3)24(4,5)23-15-11-7-6-10-14(15)19-12-8-9-13(16(19)20)17(21)22;1-12(2,3)15(4,5)14-11-9-7-6-8-10(11)13;12-8-4-3-7-13(11(8)15)9-5-1-2-6-10(9)14;1-10-6(8)5-3-2-4-11-7(5)9;/h11-12,15,17-18H,9-10,13-14H2,1-8H3,(H,23,26);9-10,13,15-16H,7-8,11-12H2,1-6H3;2*8-9,12,14-15H,6-7,10-11H2,1-5H3,(H,21,22);10-11H,6-9,13H2,1-5H3;3-4,7,9-10,14H,1-2,5-6,12H2;2-4H,1H3;1H/t17-,18+;15-,16+;2*14-,15+;10-,11-;9-,10+;;/m000000../s1. The van der Waals surface area contributed by atoms with Gasteiger partial charge in [0.2, 0.25) is 0 Å². The molecule has 12 atom stereocenters. The topological polar surface area (TPSA) is 424 Å². The summed E-state index contributed by atoms with van der Waals surface area (Å²) in [6.07, 6.45) is 33.5. The zero-order valence-corrected chi connectivity index (χ0v) is 97.9. The molecule has 6 aromatic heterocycles. The number of nitrogens with zero attached hydrogens (tertiary/aromatic N) is 5. The van der Waals surface area contributed by atoms with Crippen LogP contribution in [0.5, 0.6) is 0 Å². The van der Waals surface area contributed by atoms with Gasteiger partial charge in [0.1, 0.15) is 33.5 Å². The van der Waals surface area contributed by atoms with Gasteiger partial charge in [-0.1, -0.05) is 181 Å². The van der Waals surface area contributed by atoms with Crippen molar-refractivity contribution in [2.75, 3.05) is 25.3 Å². The van der Waals surface area contributed by atoms with Crippen molar-refractivity contribution in [2.24, 2.45) is 5.73 Å². The number of carboxylic acid groups (broad SMARTS) is 2. The maximum Gasteiger partial charge on any atom is 0.412 e. The van der Waals surface area contributed by atoms with Crippen LogP contribution in [0.3, 0.4) is 0 Å². The number of hydrogen-bond acceptors (Lipinski definition) is 23. The molecule has 0 spiro atoms. The molecule has 0 saturated heterocycles. The van der Waals surface area contributed by atoms with Gasteiger partial charge in [-0.3, -0.25) is 29.3 Å². The minimum absolute atomic E-state index is 0. The maximum atomic E-state index is 13.1. The Morgan fingerprint density at radius 1 is 0.361 bits per heavy atom. The number of ether oxygens (including phenoxy) is 3. The molecule has 0 radical (unpaired) electrons. The minimum atomic E-state index is -1.96. The average Bonchev–Trinajstić information content (AvgIpc) is 0.796. The number of halogens is 1. The molecule has 6 aliphatic rings. The zero-order chi connectivity index (χ0) is 108. The molecule has 0 bridgehead atoms. The van der Waals surface area contributed by atoms with E-state index in [9.17, 15) is 68.1 Å². The summed E-state index contributed by atoms with van der Waals surface area (Å²) in [5.74, 6) is -3.62. The van der Waals surface area contributed by atoms with Crippen LogP contribution in [0.15, 0.2) is 143 Å². The molecule has 144 heavy (non-hydrogen) atoms. The number of aliphatic hydroxyl groups excluding tert-OH is 1. The van der Waals surface area contributed by atoms with Crippen LogP contribution in [-0.4, -0.2) is 172 Å². The second-order valence-corrected chi connectivity index (χ2v) is 71.4. The van der Waals surface area contributed by atoms with E-state index in [0.717, 1.165) is 141 Å². The van der Waals surface area contributed by atoms with E-state index >= 15 is 0 Å². The quantitative estimate of drug-likeness (QED) is 0.0235. The summed E-state index contributed by atoms with van der Waals surface area (Å²) in [6, 6.07) is 18.8. The van der Waals surface area contributed by atoms with E-state index in [0.29, 0.717) is 11.1 Å². The molecule has 0 aliphatic heterocycles. The summed E-state index contributed by atoms with van der Waals surface area (Å²) in [5, 5.41) is 31.6. The first-order chi connectivity index (χ1) is 66.1. The first kappa shape index (κ1) is 126. The number of carboxylic acids is 2. The Morgan fingerprint density at radius 3 is 0.951 bits per heavy atom. The number of carbonyl (C=O) groups excluding carboxylic acids is 3. The monoisotopic (exact) mass is 2120 g/mol. The van der Waals surface area contributed by atoms with E-state index in [1.807, 2.05) is 0 Å². The molecule has 1 amide bonds. The average molecular weight is 2120 g/mol. The molecule has 6 aromatic rings. The van der Waals surface area contributed by atoms with Crippen molar-refractivity contribution in [3.8, 4) is 0 Å². The third-order valence-electron chi connectivity index (χ3n) is 30.7. The normalized spacial score (nSPS) is 22.0. The first-order valence-electron chi connectivity index (χ1n) is 51.4. The number of aromatic nitrogens is 5. The van der Waals surface area contributed by atoms with Crippen LogP contribution >= 0.6 is 12.4 Å². The Morgan fingerprint density at radius 2 is 0.632 bits per heavy atom. The van der Waals surface area contributed by atoms with E-state index in [4.69, 9.17) is 43.1 Å². The van der Waals surface area contributed by atoms with Crippen LogP contribution in [0.25, 0.3) is 0 Å². The molecule has 6 aliphatic carbocycles. The van der Waals surface area contributed by atoms with E-state index < -0.39 is 100 Å². The van der Waals surface area contributed by atoms with Crippen molar-refractivity contribution in [2.45, 2.75) is 448 Å². The lowest BCUT2D eigenvalue weighted by molar-refractivity contribution is 0.0585. The molecular formula is C107H177ClN8O23Si5. The highest BCUT2D eigenvalue weighted by molar-refractivity contribution is 6.75. The van der Waals surface area contributed by atoms with Gasteiger partial charge in [0.25, 0.3) is 27.8 Å². The van der Waals surface area contributed by atoms with Gasteiger partial charge in [0, 0.05) is 37.0 Å². The highest BCUT2D eigenvalue weighted by Crippen LogP contribution is 2.47. The number of esters is 2. The van der Waals surface area contributed by atoms with Gasteiger partial charge < -0.3 is 90.4 Å². The highest BCUT2D eigenvalue weighted by atomic mass is 35.5. The van der Waals surface area contributed by atoms with Crippen LogP contribution in [0.4, 0.5) is 16.2 Å². The summed E-state index contributed by atoms with van der Waals surface area (Å²) in [4.78, 5) is 131. The number of amides is 1. The van der Waals surface area contributed by atoms with Crippen LogP contribution < -0.4 is 50.2 Å². The van der Waals surface area contributed by atoms with Crippen molar-refractivity contribution in [1.82, 2.24) is 22.8 Å². The van der Waals surface area contributed by atoms with Crippen molar-refractivity contribution in [3.05, 3.63) is 194 Å². The summed E-state index contributed by atoms with van der Waals surface area (Å²) in [6.45, 7) is 61.3. The van der Waals surface area contributed by atoms with E-state index in [1.54, 1.807) is 117 Å². The van der Waals surface area contributed by atoms with Crippen molar-refractivity contribution in [3.63, 3.8) is 0 Å². The van der Waals surface area contributed by atoms with Crippen LogP contribution in [0, 0.1) is 0 Å². The number of methoxy groups -OCH3 is 2. The van der Waals surface area contributed by atoms with Crippen LogP contribution in [0.1, 0.15) is 350 Å². The third kappa shape index (κ3) is 35.5. The number of pyridine rings is 5. The van der Waals surface area contributed by atoms with Crippen molar-refractivity contribution < 1.29 is 80.1 Å². The smallest absolute Gasteiger partial charge is 0.412 e. The number of nitrogens with one attached hydrogen (secondary N) is 1. The summed E-state index contributed by atoms with van der Waals surface area (Å²) >= 11 is 0. The Bertz CT molecular complexity index is 5420. The second-order valence-electron chi connectivity index (χ2n) is 47.6. The number of rotatable bonds is 20. The van der Waals surface area contributed by atoms with Crippen LogP contribution in [0.2, 0.25) is 90.7 Å². The summed E-state index contributed by atoms with van der Waals surface area (Å²) < 4.78 is 59.9. The lowest BCUT2D eigenvalue weighted by atomic mass is 9.92. The van der Waals surface area contributed by atoms with Crippen molar-refractivity contribution in [1.29, 1.82) is 0 Å². The van der Waals surface area contributed by atoms with Crippen molar-refractivity contribution >= 4 is 95.3 Å². The van der Waals surface area contributed by atoms with E-state index in [-0.39, 0.29) is 144 Å². The van der Waals surface area contributed by atoms with E-state index in [1.165, 1.54) is 63.7 Å². The number of carbonyl (C=O) groups is 5. The van der Waals surface area contributed by atoms with Gasteiger partial charge in [0.15, 0.2) is 41.6 Å². The lowest BCUT2D eigenvalue weighted by Gasteiger charge is -2.43. The molecule has 0 unspecified atom stereocenters. The Hall–Kier alpha value is -8.26. The molecular weight excluding hydrogens is 1940 g/mol. The molecule has 810 valence electrons. The fourth-order valence-corrected chi connectivity index (χ4v) is 24.1.